The molecule has 3 nitrogen and oxygen atoms in total. The van der Waals surface area contributed by atoms with E-state index in [4.69, 9.17) is 4.74 Å². The van der Waals surface area contributed by atoms with Crippen molar-refractivity contribution in [3.05, 3.63) is 29.3 Å². The van der Waals surface area contributed by atoms with E-state index in [2.05, 4.69) is 35.3 Å². The molecule has 1 fully saturated rings. The van der Waals surface area contributed by atoms with Crippen LogP contribution in [0, 0.1) is 6.92 Å². The molecule has 1 aromatic rings. The summed E-state index contributed by atoms with van der Waals surface area (Å²) in [6.45, 7) is 10.4. The molecule has 3 heteroatoms. The third kappa shape index (κ3) is 3.45. The second kappa shape index (κ2) is 6.03. The van der Waals surface area contributed by atoms with Crippen LogP contribution in [0.4, 0.5) is 0 Å². The summed E-state index contributed by atoms with van der Waals surface area (Å²) >= 11 is 0. The molecule has 0 radical (unpaired) electrons. The second-order valence-corrected chi connectivity index (χ2v) is 4.56. The molecule has 0 bridgehead atoms. The average Bonchev–Trinajstić information content (AvgIpc) is 2.34. The van der Waals surface area contributed by atoms with Crippen LogP contribution in [0.5, 0.6) is 5.75 Å². The van der Waals surface area contributed by atoms with E-state index < -0.39 is 0 Å². The normalized spacial score (nSPS) is 17.1. The summed E-state index contributed by atoms with van der Waals surface area (Å²) in [7, 11) is 0. The summed E-state index contributed by atoms with van der Waals surface area (Å²) in [5, 5.41) is 3.38. The van der Waals surface area contributed by atoms with Crippen LogP contribution in [-0.2, 0) is 6.54 Å². The summed E-state index contributed by atoms with van der Waals surface area (Å²) < 4.78 is 5.56. The first-order valence-corrected chi connectivity index (χ1v) is 6.45. The van der Waals surface area contributed by atoms with Gasteiger partial charge in [0, 0.05) is 32.7 Å². The maximum absolute atomic E-state index is 5.56. The van der Waals surface area contributed by atoms with Crippen LogP contribution in [0.3, 0.4) is 0 Å². The molecule has 0 aromatic heterocycles. The van der Waals surface area contributed by atoms with Gasteiger partial charge in [-0.2, -0.15) is 0 Å². The fourth-order valence-electron chi connectivity index (χ4n) is 2.25. The van der Waals surface area contributed by atoms with Crippen molar-refractivity contribution >= 4 is 0 Å². The number of benzene rings is 1. The van der Waals surface area contributed by atoms with Crippen LogP contribution in [0.1, 0.15) is 18.1 Å². The molecule has 1 saturated heterocycles. The molecule has 0 amide bonds. The molecular weight excluding hydrogens is 212 g/mol. The van der Waals surface area contributed by atoms with Gasteiger partial charge in [0.1, 0.15) is 5.75 Å². The summed E-state index contributed by atoms with van der Waals surface area (Å²) in [5.41, 5.74) is 2.62. The van der Waals surface area contributed by atoms with Crippen molar-refractivity contribution in [2.24, 2.45) is 0 Å². The number of aryl methyl sites for hydroxylation is 1. The summed E-state index contributed by atoms with van der Waals surface area (Å²) in [5.74, 6) is 1.01. The third-order valence-electron chi connectivity index (χ3n) is 3.15. The lowest BCUT2D eigenvalue weighted by atomic mass is 10.1. The van der Waals surface area contributed by atoms with E-state index in [1.165, 1.54) is 11.1 Å². The highest BCUT2D eigenvalue weighted by atomic mass is 16.5. The summed E-state index contributed by atoms with van der Waals surface area (Å²) in [4.78, 5) is 2.49. The van der Waals surface area contributed by atoms with Crippen molar-refractivity contribution in [1.29, 1.82) is 0 Å². The Kier molecular flexibility index (Phi) is 4.40. The van der Waals surface area contributed by atoms with Gasteiger partial charge in [-0.1, -0.05) is 12.1 Å². The van der Waals surface area contributed by atoms with Crippen molar-refractivity contribution in [3.8, 4) is 5.75 Å². The lowest BCUT2D eigenvalue weighted by molar-refractivity contribution is 0.233. The first-order valence-electron chi connectivity index (χ1n) is 6.45. The molecule has 0 atom stereocenters. The molecule has 94 valence electrons. The lowest BCUT2D eigenvalue weighted by Gasteiger charge is -2.27. The molecule has 1 heterocycles. The maximum Gasteiger partial charge on any atom is 0.122 e. The Morgan fingerprint density at radius 2 is 2.06 bits per heavy atom. The van der Waals surface area contributed by atoms with Crippen LogP contribution in [0.15, 0.2) is 18.2 Å². The van der Waals surface area contributed by atoms with E-state index in [9.17, 15) is 0 Å². The largest absolute Gasteiger partial charge is 0.494 e. The Morgan fingerprint density at radius 1 is 1.29 bits per heavy atom. The summed E-state index contributed by atoms with van der Waals surface area (Å²) in [6, 6.07) is 6.52. The zero-order valence-electron chi connectivity index (χ0n) is 10.8. The van der Waals surface area contributed by atoms with Crippen LogP contribution < -0.4 is 10.1 Å². The summed E-state index contributed by atoms with van der Waals surface area (Å²) in [6.07, 6.45) is 0. The Balaban J connectivity index is 1.98. The van der Waals surface area contributed by atoms with E-state index in [0.717, 1.165) is 45.1 Å². The van der Waals surface area contributed by atoms with E-state index in [1.54, 1.807) is 0 Å². The molecular formula is C14H22N2O. The Bertz CT molecular complexity index is 359. The van der Waals surface area contributed by atoms with Crippen LogP contribution in [0.2, 0.25) is 0 Å². The standard InChI is InChI=1S/C14H22N2O/c1-3-17-14-5-4-13(10-12(14)2)11-16-8-6-15-7-9-16/h4-5,10,15H,3,6-9,11H2,1-2H3. The zero-order valence-corrected chi connectivity index (χ0v) is 10.8. The predicted octanol–water partition coefficient (Wildman–Crippen LogP) is 1.80. The van der Waals surface area contributed by atoms with Crippen molar-refractivity contribution < 1.29 is 4.74 Å². The molecule has 1 aliphatic heterocycles. The highest BCUT2D eigenvalue weighted by Crippen LogP contribution is 2.20. The van der Waals surface area contributed by atoms with Gasteiger partial charge in [0.05, 0.1) is 6.61 Å². The molecule has 2 rings (SSSR count). The number of rotatable bonds is 4. The van der Waals surface area contributed by atoms with Gasteiger partial charge in [-0.05, 0) is 31.0 Å². The van der Waals surface area contributed by atoms with E-state index in [0.29, 0.717) is 0 Å². The topological polar surface area (TPSA) is 24.5 Å². The Labute approximate surface area is 104 Å². The number of nitrogens with one attached hydrogen (secondary N) is 1. The quantitative estimate of drug-likeness (QED) is 0.859. The minimum Gasteiger partial charge on any atom is -0.494 e. The monoisotopic (exact) mass is 234 g/mol. The van der Waals surface area contributed by atoms with E-state index in [1.807, 2.05) is 6.92 Å². The first kappa shape index (κ1) is 12.4. The van der Waals surface area contributed by atoms with Crippen molar-refractivity contribution in [3.63, 3.8) is 0 Å². The predicted molar refractivity (Wildman–Crippen MR) is 70.5 cm³/mol. The molecule has 1 N–H and O–H groups in total. The minimum absolute atomic E-state index is 0.734. The molecule has 1 aromatic carbocycles. The van der Waals surface area contributed by atoms with Gasteiger partial charge in [-0.3, -0.25) is 4.90 Å². The minimum atomic E-state index is 0.734. The van der Waals surface area contributed by atoms with Gasteiger partial charge < -0.3 is 10.1 Å². The van der Waals surface area contributed by atoms with Gasteiger partial charge in [0.15, 0.2) is 0 Å². The second-order valence-electron chi connectivity index (χ2n) is 4.56. The van der Waals surface area contributed by atoms with Gasteiger partial charge in [-0.25, -0.2) is 0 Å². The number of hydrogen-bond donors (Lipinski definition) is 1. The molecule has 0 unspecified atom stereocenters. The SMILES string of the molecule is CCOc1ccc(CN2CCNCC2)cc1C. The van der Waals surface area contributed by atoms with Gasteiger partial charge in [-0.15, -0.1) is 0 Å². The average molecular weight is 234 g/mol. The number of nitrogens with zero attached hydrogens (tertiary/aromatic N) is 1. The third-order valence-corrected chi connectivity index (χ3v) is 3.15. The van der Waals surface area contributed by atoms with Crippen LogP contribution in [0.25, 0.3) is 0 Å². The first-order chi connectivity index (χ1) is 8.29. The van der Waals surface area contributed by atoms with Crippen molar-refractivity contribution in [2.75, 3.05) is 32.8 Å². The van der Waals surface area contributed by atoms with Gasteiger partial charge in [0.2, 0.25) is 0 Å². The molecule has 0 saturated carbocycles. The highest BCUT2D eigenvalue weighted by molar-refractivity contribution is 5.36. The molecule has 1 aliphatic rings. The van der Waals surface area contributed by atoms with E-state index in [-0.39, 0.29) is 0 Å². The van der Waals surface area contributed by atoms with Crippen LogP contribution in [-0.4, -0.2) is 37.7 Å². The van der Waals surface area contributed by atoms with E-state index >= 15 is 0 Å². The number of hydrogen-bond acceptors (Lipinski definition) is 3. The molecule has 17 heavy (non-hydrogen) atoms. The molecule has 0 spiro atoms. The van der Waals surface area contributed by atoms with Crippen LogP contribution >= 0.6 is 0 Å². The number of piperazine rings is 1. The van der Waals surface area contributed by atoms with Crippen molar-refractivity contribution in [2.45, 2.75) is 20.4 Å². The molecule has 0 aliphatic carbocycles. The maximum atomic E-state index is 5.56. The lowest BCUT2D eigenvalue weighted by Crippen LogP contribution is -2.42. The van der Waals surface area contributed by atoms with Gasteiger partial charge >= 0.3 is 0 Å². The van der Waals surface area contributed by atoms with Crippen molar-refractivity contribution in [1.82, 2.24) is 10.2 Å². The fourth-order valence-corrected chi connectivity index (χ4v) is 2.25. The Morgan fingerprint density at radius 3 is 2.71 bits per heavy atom. The smallest absolute Gasteiger partial charge is 0.122 e. The van der Waals surface area contributed by atoms with Gasteiger partial charge in [0.25, 0.3) is 0 Å². The highest BCUT2D eigenvalue weighted by Gasteiger charge is 2.10. The fraction of sp³-hybridized carbons (Fsp3) is 0.571. The zero-order chi connectivity index (χ0) is 12.1. The Hall–Kier alpha value is -1.06. The number of ether oxygens (including phenoxy) is 1.